The van der Waals surface area contributed by atoms with Crippen LogP contribution in [-0.4, -0.2) is 28.4 Å². The molecule has 0 aliphatic heterocycles. The summed E-state index contributed by atoms with van der Waals surface area (Å²) in [6.07, 6.45) is 2.52. The average molecular weight is 290 g/mol. The van der Waals surface area contributed by atoms with Crippen molar-refractivity contribution in [3.8, 4) is 11.5 Å². The first-order valence-electron chi connectivity index (χ1n) is 6.09. The number of nitrogens with zero attached hydrogens (tertiary/aromatic N) is 2. The Bertz CT molecular complexity index is 663. The van der Waals surface area contributed by atoms with Gasteiger partial charge in [-0.3, -0.25) is 0 Å². The molecule has 0 saturated carbocycles. The van der Waals surface area contributed by atoms with E-state index in [1.807, 2.05) is 0 Å². The minimum atomic E-state index is -1.01. The second-order valence-corrected chi connectivity index (χ2v) is 4.09. The van der Waals surface area contributed by atoms with Crippen LogP contribution in [-0.2, 0) is 11.4 Å². The zero-order valence-corrected chi connectivity index (χ0v) is 11.6. The number of hydrogen-bond acceptors (Lipinski definition) is 6. The molecule has 0 fully saturated rings. The summed E-state index contributed by atoms with van der Waals surface area (Å²) in [7, 11) is 1.50. The third-order valence-corrected chi connectivity index (χ3v) is 2.53. The summed E-state index contributed by atoms with van der Waals surface area (Å²) >= 11 is 0. The summed E-state index contributed by atoms with van der Waals surface area (Å²) in [5, 5.41) is 16.1. The summed E-state index contributed by atoms with van der Waals surface area (Å²) in [5.74, 6) is 0.805. The van der Waals surface area contributed by atoms with E-state index in [2.05, 4.69) is 10.2 Å². The highest BCUT2D eigenvalue weighted by molar-refractivity contribution is 5.85. The molecule has 0 unspecified atom stereocenters. The van der Waals surface area contributed by atoms with Gasteiger partial charge in [-0.25, -0.2) is 4.79 Å². The maximum absolute atomic E-state index is 10.5. The number of aromatic nitrogens is 2. The normalized spacial score (nSPS) is 10.8. The predicted octanol–water partition coefficient (Wildman–Crippen LogP) is 2.06. The van der Waals surface area contributed by atoms with Gasteiger partial charge in [0, 0.05) is 13.0 Å². The van der Waals surface area contributed by atoms with Crippen molar-refractivity contribution in [2.24, 2.45) is 0 Å². The van der Waals surface area contributed by atoms with Gasteiger partial charge in [-0.1, -0.05) is 6.07 Å². The van der Waals surface area contributed by atoms with Crippen molar-refractivity contribution in [3.63, 3.8) is 0 Å². The van der Waals surface area contributed by atoms with E-state index in [0.717, 1.165) is 6.08 Å². The van der Waals surface area contributed by atoms with E-state index in [0.29, 0.717) is 28.8 Å². The molecule has 0 amide bonds. The van der Waals surface area contributed by atoms with Crippen LogP contribution >= 0.6 is 0 Å². The molecule has 7 heteroatoms. The Morgan fingerprint density at radius 1 is 1.38 bits per heavy atom. The first-order chi connectivity index (χ1) is 10.1. The molecule has 1 aromatic heterocycles. The lowest BCUT2D eigenvalue weighted by atomic mass is 10.2. The van der Waals surface area contributed by atoms with Crippen LogP contribution in [0.25, 0.3) is 6.08 Å². The summed E-state index contributed by atoms with van der Waals surface area (Å²) in [4.78, 5) is 10.5. The molecule has 1 N–H and O–H groups in total. The number of carboxylic acids is 1. The summed E-state index contributed by atoms with van der Waals surface area (Å²) in [6.45, 7) is 1.82. The van der Waals surface area contributed by atoms with Crippen LogP contribution < -0.4 is 9.47 Å². The fraction of sp³-hybridized carbons (Fsp3) is 0.214. The van der Waals surface area contributed by atoms with Crippen molar-refractivity contribution >= 4 is 12.0 Å². The zero-order chi connectivity index (χ0) is 15.2. The predicted molar refractivity (Wildman–Crippen MR) is 73.0 cm³/mol. The number of benzene rings is 1. The van der Waals surface area contributed by atoms with E-state index >= 15 is 0 Å². The van der Waals surface area contributed by atoms with Gasteiger partial charge in [0.25, 0.3) is 5.89 Å². The number of aryl methyl sites for hydroxylation is 1. The van der Waals surface area contributed by atoms with E-state index in [9.17, 15) is 4.79 Å². The van der Waals surface area contributed by atoms with Crippen molar-refractivity contribution in [2.45, 2.75) is 13.5 Å². The Kier molecular flexibility index (Phi) is 4.55. The first kappa shape index (κ1) is 14.6. The molecule has 2 aromatic rings. The van der Waals surface area contributed by atoms with Crippen LogP contribution in [0.3, 0.4) is 0 Å². The third kappa shape index (κ3) is 4.07. The van der Waals surface area contributed by atoms with E-state index in [4.69, 9.17) is 19.0 Å². The Morgan fingerprint density at radius 2 is 2.19 bits per heavy atom. The lowest BCUT2D eigenvalue weighted by molar-refractivity contribution is -0.131. The zero-order valence-electron chi connectivity index (χ0n) is 11.6. The fourth-order valence-corrected chi connectivity index (χ4v) is 1.61. The molecule has 7 nitrogen and oxygen atoms in total. The van der Waals surface area contributed by atoms with Gasteiger partial charge in [0.1, 0.15) is 0 Å². The van der Waals surface area contributed by atoms with Crippen molar-refractivity contribution in [3.05, 3.63) is 41.6 Å². The van der Waals surface area contributed by atoms with Gasteiger partial charge < -0.3 is 19.0 Å². The van der Waals surface area contributed by atoms with E-state index < -0.39 is 5.97 Å². The molecule has 0 aliphatic carbocycles. The van der Waals surface area contributed by atoms with Gasteiger partial charge in [-0.15, -0.1) is 10.2 Å². The Hall–Kier alpha value is -2.83. The van der Waals surface area contributed by atoms with E-state index in [-0.39, 0.29) is 6.61 Å². The molecular formula is C14H14N2O5. The first-order valence-corrected chi connectivity index (χ1v) is 6.09. The standard InChI is InChI=1S/C14H14N2O5/c1-9-15-16-13(21-9)8-20-11-5-3-10(4-6-14(17)18)7-12(11)19-2/h3-7H,8H2,1-2H3,(H,17,18)/b6-4+. The number of aliphatic carboxylic acids is 1. The molecule has 0 aliphatic rings. The van der Waals surface area contributed by atoms with Gasteiger partial charge >= 0.3 is 5.97 Å². The van der Waals surface area contributed by atoms with Crippen LogP contribution in [0.15, 0.2) is 28.7 Å². The second-order valence-electron chi connectivity index (χ2n) is 4.09. The van der Waals surface area contributed by atoms with Gasteiger partial charge in [0.15, 0.2) is 18.1 Å². The van der Waals surface area contributed by atoms with Gasteiger partial charge in [0.05, 0.1) is 7.11 Å². The molecule has 0 saturated heterocycles. The molecule has 0 spiro atoms. The lowest BCUT2D eigenvalue weighted by Gasteiger charge is -2.09. The van der Waals surface area contributed by atoms with Gasteiger partial charge in [-0.05, 0) is 23.8 Å². The van der Waals surface area contributed by atoms with E-state index in [1.54, 1.807) is 25.1 Å². The van der Waals surface area contributed by atoms with Crippen LogP contribution in [0.4, 0.5) is 0 Å². The maximum atomic E-state index is 10.5. The van der Waals surface area contributed by atoms with Crippen molar-refractivity contribution in [2.75, 3.05) is 7.11 Å². The van der Waals surface area contributed by atoms with Crippen LogP contribution in [0.2, 0.25) is 0 Å². The fourth-order valence-electron chi connectivity index (χ4n) is 1.61. The van der Waals surface area contributed by atoms with Crippen LogP contribution in [0, 0.1) is 6.92 Å². The minimum absolute atomic E-state index is 0.126. The smallest absolute Gasteiger partial charge is 0.328 e. The molecular weight excluding hydrogens is 276 g/mol. The van der Waals surface area contributed by atoms with Crippen molar-refractivity contribution in [1.29, 1.82) is 0 Å². The molecule has 2 rings (SSSR count). The number of ether oxygens (including phenoxy) is 2. The molecule has 0 bridgehead atoms. The number of hydrogen-bond donors (Lipinski definition) is 1. The minimum Gasteiger partial charge on any atom is -0.493 e. The van der Waals surface area contributed by atoms with Crippen molar-refractivity contribution in [1.82, 2.24) is 10.2 Å². The molecule has 0 radical (unpaired) electrons. The highest BCUT2D eigenvalue weighted by atomic mass is 16.5. The average Bonchev–Trinajstić information content (AvgIpc) is 2.88. The third-order valence-electron chi connectivity index (χ3n) is 2.53. The molecule has 0 atom stereocenters. The van der Waals surface area contributed by atoms with Crippen molar-refractivity contribution < 1.29 is 23.8 Å². The highest BCUT2D eigenvalue weighted by Crippen LogP contribution is 2.29. The van der Waals surface area contributed by atoms with Gasteiger partial charge in [-0.2, -0.15) is 0 Å². The molecule has 1 aromatic carbocycles. The van der Waals surface area contributed by atoms with Gasteiger partial charge in [0.2, 0.25) is 5.89 Å². The quantitative estimate of drug-likeness (QED) is 0.813. The summed E-state index contributed by atoms with van der Waals surface area (Å²) in [6, 6.07) is 5.08. The second kappa shape index (κ2) is 6.56. The summed E-state index contributed by atoms with van der Waals surface area (Å²) in [5.41, 5.74) is 0.690. The molecule has 21 heavy (non-hydrogen) atoms. The Labute approximate surface area is 120 Å². The van der Waals surface area contributed by atoms with Crippen LogP contribution in [0.1, 0.15) is 17.3 Å². The largest absolute Gasteiger partial charge is 0.493 e. The van der Waals surface area contributed by atoms with E-state index in [1.165, 1.54) is 13.2 Å². The molecule has 1 heterocycles. The number of rotatable bonds is 6. The highest BCUT2D eigenvalue weighted by Gasteiger charge is 2.08. The Balaban J connectivity index is 2.10. The maximum Gasteiger partial charge on any atom is 0.328 e. The summed E-state index contributed by atoms with van der Waals surface area (Å²) < 4.78 is 16.0. The number of carbonyl (C=O) groups is 1. The Morgan fingerprint density at radius 3 is 2.81 bits per heavy atom. The number of carboxylic acid groups (broad SMARTS) is 1. The molecule has 110 valence electrons. The SMILES string of the molecule is COc1cc(/C=C/C(=O)O)ccc1OCc1nnc(C)o1. The van der Waals surface area contributed by atoms with Crippen LogP contribution in [0.5, 0.6) is 11.5 Å². The number of methoxy groups -OCH3 is 1. The monoisotopic (exact) mass is 290 g/mol. The topological polar surface area (TPSA) is 94.7 Å². The lowest BCUT2D eigenvalue weighted by Crippen LogP contribution is -1.98.